The fourth-order valence-corrected chi connectivity index (χ4v) is 6.18. The quantitative estimate of drug-likeness (QED) is 0.290. The van der Waals surface area contributed by atoms with Crippen molar-refractivity contribution in [3.8, 4) is 11.1 Å². The van der Waals surface area contributed by atoms with Crippen molar-refractivity contribution < 1.29 is 28.7 Å². The summed E-state index contributed by atoms with van der Waals surface area (Å²) in [5.41, 5.74) is 4.47. The molecule has 4 rings (SSSR count). The van der Waals surface area contributed by atoms with Crippen LogP contribution in [-0.2, 0) is 23.9 Å². The van der Waals surface area contributed by atoms with E-state index in [1.54, 1.807) is 21.1 Å². The van der Waals surface area contributed by atoms with Gasteiger partial charge in [-0.3, -0.25) is 19.3 Å². The Balaban J connectivity index is 1.53. The average Bonchev–Trinajstić information content (AvgIpc) is 3.63. The molecule has 42 heavy (non-hydrogen) atoms. The van der Waals surface area contributed by atoms with Crippen molar-refractivity contribution in [2.75, 3.05) is 41.4 Å². The van der Waals surface area contributed by atoms with E-state index in [9.17, 15) is 19.2 Å². The van der Waals surface area contributed by atoms with Gasteiger partial charge in [0.15, 0.2) is 0 Å². The number of carbonyl (C=O) groups is 4. The van der Waals surface area contributed by atoms with Gasteiger partial charge in [0, 0.05) is 34.1 Å². The number of benzene rings is 2. The molecule has 0 heterocycles. The molecule has 2 aromatic carbocycles. The molecule has 0 aliphatic heterocycles. The maximum absolute atomic E-state index is 14.1. The number of hydrogen-bond acceptors (Lipinski definition) is 6. The topological polar surface area (TPSA) is 96.5 Å². The van der Waals surface area contributed by atoms with Crippen molar-refractivity contribution in [1.29, 1.82) is 0 Å². The molecule has 1 fully saturated rings. The summed E-state index contributed by atoms with van der Waals surface area (Å²) in [4.78, 5) is 57.1. The van der Waals surface area contributed by atoms with Gasteiger partial charge >= 0.3 is 12.1 Å². The Bertz CT molecular complexity index is 1270. The molecular weight excluding hydrogens is 534 g/mol. The average molecular weight is 576 g/mol. The summed E-state index contributed by atoms with van der Waals surface area (Å²) in [6.45, 7) is 3.68. The highest BCUT2D eigenvalue weighted by molar-refractivity contribution is 5.93. The maximum Gasteiger partial charge on any atom is 0.410 e. The second kappa shape index (κ2) is 13.7. The van der Waals surface area contributed by atoms with E-state index in [2.05, 4.69) is 30.8 Å². The fraction of sp³-hybridized carbons (Fsp3) is 0.455. The molecule has 0 aromatic heterocycles. The van der Waals surface area contributed by atoms with Gasteiger partial charge in [-0.05, 0) is 41.0 Å². The van der Waals surface area contributed by atoms with Crippen molar-refractivity contribution in [2.45, 2.75) is 50.1 Å². The predicted molar refractivity (Wildman–Crippen MR) is 160 cm³/mol. The predicted octanol–water partition coefficient (Wildman–Crippen LogP) is 4.46. The van der Waals surface area contributed by atoms with E-state index in [1.807, 2.05) is 24.3 Å². The van der Waals surface area contributed by atoms with Crippen molar-refractivity contribution in [1.82, 2.24) is 14.7 Å². The van der Waals surface area contributed by atoms with E-state index >= 15 is 0 Å². The number of esters is 1. The lowest BCUT2D eigenvalue weighted by molar-refractivity contribution is -0.153. The first kappa shape index (κ1) is 30.8. The van der Waals surface area contributed by atoms with Crippen LogP contribution in [0.25, 0.3) is 11.1 Å². The summed E-state index contributed by atoms with van der Waals surface area (Å²) < 4.78 is 11.0. The molecule has 0 N–H and O–H groups in total. The molecule has 1 saturated carbocycles. The Labute approximate surface area is 248 Å². The summed E-state index contributed by atoms with van der Waals surface area (Å²) in [5.74, 6) is -1.63. The largest absolute Gasteiger partial charge is 0.461 e. The Morgan fingerprint density at radius 1 is 0.857 bits per heavy atom. The van der Waals surface area contributed by atoms with Crippen LogP contribution in [0.4, 0.5) is 4.79 Å². The minimum Gasteiger partial charge on any atom is -0.461 e. The SMILES string of the molecule is C=CCOC(=O)C[C@@H](C(=O)N(C)C)N(C)C(=O)C(C1CCCC1)N(C)C(=O)OCC1c2ccccc2-c2ccccc21. The lowest BCUT2D eigenvalue weighted by Crippen LogP contribution is -2.57. The molecule has 3 amide bonds. The van der Waals surface area contributed by atoms with Gasteiger partial charge in [0.2, 0.25) is 11.8 Å². The lowest BCUT2D eigenvalue weighted by Gasteiger charge is -2.37. The van der Waals surface area contributed by atoms with Crippen LogP contribution in [0.15, 0.2) is 61.2 Å². The van der Waals surface area contributed by atoms with Crippen molar-refractivity contribution in [2.24, 2.45) is 5.92 Å². The second-order valence-electron chi connectivity index (χ2n) is 11.3. The van der Waals surface area contributed by atoms with E-state index in [1.165, 1.54) is 27.8 Å². The van der Waals surface area contributed by atoms with Gasteiger partial charge in [-0.15, -0.1) is 0 Å². The van der Waals surface area contributed by atoms with Crippen LogP contribution in [0, 0.1) is 5.92 Å². The van der Waals surface area contributed by atoms with Crippen LogP contribution in [0.3, 0.4) is 0 Å². The van der Waals surface area contributed by atoms with Gasteiger partial charge in [-0.2, -0.15) is 0 Å². The Kier molecular flexibility index (Phi) is 10.0. The molecule has 2 aliphatic rings. The standard InChI is InChI=1S/C33H41N3O6/c1-6-19-41-29(37)20-28(31(38)34(2)3)35(4)32(39)30(22-13-7-8-14-22)36(5)33(40)42-21-27-25-17-11-9-15-23(25)24-16-10-12-18-26(24)27/h6,9-12,15-18,22,27-28,30H,1,7-8,13-14,19-21H2,2-5H3/t28-,30?/m0/s1. The molecular formula is C33H41N3O6. The van der Waals surface area contributed by atoms with Gasteiger partial charge < -0.3 is 19.3 Å². The first-order chi connectivity index (χ1) is 20.1. The van der Waals surface area contributed by atoms with Crippen molar-refractivity contribution >= 4 is 23.9 Å². The first-order valence-corrected chi connectivity index (χ1v) is 14.5. The molecule has 2 atom stereocenters. The van der Waals surface area contributed by atoms with E-state index in [-0.39, 0.29) is 31.5 Å². The monoisotopic (exact) mass is 575 g/mol. The Morgan fingerprint density at radius 2 is 1.43 bits per heavy atom. The van der Waals surface area contributed by atoms with Crippen LogP contribution < -0.4 is 0 Å². The van der Waals surface area contributed by atoms with Crippen LogP contribution in [0.2, 0.25) is 0 Å². The number of amides is 3. The third-order valence-corrected chi connectivity index (χ3v) is 8.40. The van der Waals surface area contributed by atoms with E-state index in [0.717, 1.165) is 47.9 Å². The minimum atomic E-state index is -1.08. The molecule has 9 heteroatoms. The lowest BCUT2D eigenvalue weighted by atomic mass is 9.95. The van der Waals surface area contributed by atoms with E-state index < -0.39 is 36.0 Å². The molecule has 0 radical (unpaired) electrons. The van der Waals surface area contributed by atoms with Crippen LogP contribution in [0.5, 0.6) is 0 Å². The second-order valence-corrected chi connectivity index (χ2v) is 11.3. The summed E-state index contributed by atoms with van der Waals surface area (Å²) in [6, 6.07) is 14.3. The number of likely N-dealkylation sites (N-methyl/N-ethyl adjacent to an activating group) is 3. The molecule has 224 valence electrons. The number of carbonyl (C=O) groups excluding carboxylic acids is 4. The number of ether oxygens (including phenoxy) is 2. The van der Waals surface area contributed by atoms with E-state index in [4.69, 9.17) is 9.47 Å². The van der Waals surface area contributed by atoms with Gasteiger partial charge in [0.05, 0.1) is 6.42 Å². The third kappa shape index (κ3) is 6.50. The maximum atomic E-state index is 14.1. The molecule has 1 unspecified atom stereocenters. The molecule has 0 spiro atoms. The summed E-state index contributed by atoms with van der Waals surface area (Å²) in [6.07, 6.45) is 3.98. The Hall–Kier alpha value is -4.14. The van der Waals surface area contributed by atoms with Crippen LogP contribution in [-0.4, -0.2) is 92.1 Å². The number of fused-ring (bicyclic) bond motifs is 3. The van der Waals surface area contributed by atoms with Crippen LogP contribution in [0.1, 0.15) is 49.1 Å². The highest BCUT2D eigenvalue weighted by Gasteiger charge is 2.42. The molecule has 0 bridgehead atoms. The van der Waals surface area contributed by atoms with Gasteiger partial charge in [0.25, 0.3) is 0 Å². The fourth-order valence-electron chi connectivity index (χ4n) is 6.18. The zero-order valence-corrected chi connectivity index (χ0v) is 25.0. The molecule has 2 aromatic rings. The summed E-state index contributed by atoms with van der Waals surface area (Å²) in [7, 11) is 6.22. The minimum absolute atomic E-state index is 0.00852. The van der Waals surface area contributed by atoms with Gasteiger partial charge in [-0.25, -0.2) is 4.79 Å². The highest BCUT2D eigenvalue weighted by atomic mass is 16.6. The third-order valence-electron chi connectivity index (χ3n) is 8.40. The van der Waals surface area contributed by atoms with E-state index in [0.29, 0.717) is 0 Å². The number of hydrogen-bond donors (Lipinski definition) is 0. The zero-order chi connectivity index (χ0) is 30.4. The molecule has 2 aliphatic carbocycles. The van der Waals surface area contributed by atoms with Crippen molar-refractivity contribution in [3.05, 3.63) is 72.3 Å². The normalized spacial score (nSPS) is 15.6. The summed E-state index contributed by atoms with van der Waals surface area (Å²) in [5, 5.41) is 0. The highest BCUT2D eigenvalue weighted by Crippen LogP contribution is 2.44. The summed E-state index contributed by atoms with van der Waals surface area (Å²) >= 11 is 0. The molecule has 9 nitrogen and oxygen atoms in total. The molecule has 0 saturated heterocycles. The zero-order valence-electron chi connectivity index (χ0n) is 25.0. The number of nitrogens with zero attached hydrogens (tertiary/aromatic N) is 3. The smallest absolute Gasteiger partial charge is 0.410 e. The van der Waals surface area contributed by atoms with Gasteiger partial charge in [-0.1, -0.05) is 74.0 Å². The first-order valence-electron chi connectivity index (χ1n) is 14.5. The van der Waals surface area contributed by atoms with Crippen molar-refractivity contribution in [3.63, 3.8) is 0 Å². The number of rotatable bonds is 11. The Morgan fingerprint density at radius 3 is 1.98 bits per heavy atom. The van der Waals surface area contributed by atoms with Crippen LogP contribution >= 0.6 is 0 Å². The van der Waals surface area contributed by atoms with Gasteiger partial charge in [0.1, 0.15) is 25.3 Å².